The SMILES string of the molecule is CC(C)OC(=O)N1CCC(OCC2CN(c3ccc(S(C)(=O)=O)cc3)C(=O)N2)CC1. The van der Waals surface area contributed by atoms with Gasteiger partial charge in [0.15, 0.2) is 9.84 Å². The van der Waals surface area contributed by atoms with Crippen LogP contribution < -0.4 is 10.2 Å². The van der Waals surface area contributed by atoms with E-state index in [4.69, 9.17) is 9.47 Å². The molecule has 3 rings (SSSR count). The highest BCUT2D eigenvalue weighted by Crippen LogP contribution is 2.22. The molecular weight excluding hydrogens is 410 g/mol. The molecule has 1 N–H and O–H groups in total. The normalized spacial score (nSPS) is 20.5. The molecule has 9 nitrogen and oxygen atoms in total. The molecule has 0 aliphatic carbocycles. The fraction of sp³-hybridized carbons (Fsp3) is 0.600. The molecule has 0 bridgehead atoms. The summed E-state index contributed by atoms with van der Waals surface area (Å²) < 4.78 is 34.4. The summed E-state index contributed by atoms with van der Waals surface area (Å²) in [4.78, 5) is 27.7. The quantitative estimate of drug-likeness (QED) is 0.727. The average molecular weight is 440 g/mol. The molecular formula is C20H29N3O6S. The van der Waals surface area contributed by atoms with Crippen LogP contribution in [0.5, 0.6) is 0 Å². The second kappa shape index (κ2) is 9.22. The van der Waals surface area contributed by atoms with E-state index in [0.717, 1.165) is 19.1 Å². The number of likely N-dealkylation sites (tertiary alicyclic amines) is 1. The van der Waals surface area contributed by atoms with Gasteiger partial charge in [-0.3, -0.25) is 4.90 Å². The Morgan fingerprint density at radius 3 is 2.40 bits per heavy atom. The minimum atomic E-state index is -3.28. The first kappa shape index (κ1) is 22.4. The van der Waals surface area contributed by atoms with Gasteiger partial charge in [-0.25, -0.2) is 18.0 Å². The molecule has 0 aromatic heterocycles. The van der Waals surface area contributed by atoms with Gasteiger partial charge in [0.2, 0.25) is 0 Å². The molecule has 0 spiro atoms. The number of hydrogen-bond donors (Lipinski definition) is 1. The fourth-order valence-electron chi connectivity index (χ4n) is 3.53. The van der Waals surface area contributed by atoms with Crippen LogP contribution in [0.3, 0.4) is 0 Å². The highest BCUT2D eigenvalue weighted by molar-refractivity contribution is 7.90. The van der Waals surface area contributed by atoms with Crippen molar-refractivity contribution in [3.8, 4) is 0 Å². The van der Waals surface area contributed by atoms with Crippen LogP contribution >= 0.6 is 0 Å². The maximum atomic E-state index is 12.3. The highest BCUT2D eigenvalue weighted by atomic mass is 32.2. The first-order valence-electron chi connectivity index (χ1n) is 10.1. The zero-order valence-corrected chi connectivity index (χ0v) is 18.4. The Morgan fingerprint density at radius 1 is 1.20 bits per heavy atom. The molecule has 1 aromatic carbocycles. The maximum Gasteiger partial charge on any atom is 0.410 e. The van der Waals surface area contributed by atoms with Crippen LogP contribution in [0, 0.1) is 0 Å². The van der Waals surface area contributed by atoms with Crippen molar-refractivity contribution in [3.63, 3.8) is 0 Å². The lowest BCUT2D eigenvalue weighted by atomic mass is 10.1. The van der Waals surface area contributed by atoms with E-state index in [1.165, 1.54) is 12.1 Å². The zero-order valence-electron chi connectivity index (χ0n) is 17.5. The molecule has 10 heteroatoms. The Morgan fingerprint density at radius 2 is 1.83 bits per heavy atom. The van der Waals surface area contributed by atoms with E-state index in [2.05, 4.69) is 5.32 Å². The molecule has 2 saturated heterocycles. The van der Waals surface area contributed by atoms with Crippen molar-refractivity contribution in [2.45, 2.75) is 49.8 Å². The molecule has 1 unspecified atom stereocenters. The predicted octanol–water partition coefficient (Wildman–Crippen LogP) is 2.01. The van der Waals surface area contributed by atoms with Gasteiger partial charge in [0.1, 0.15) is 0 Å². The molecule has 0 radical (unpaired) electrons. The molecule has 30 heavy (non-hydrogen) atoms. The molecule has 2 aliphatic rings. The molecule has 2 aliphatic heterocycles. The number of anilines is 1. The minimum Gasteiger partial charge on any atom is -0.447 e. The molecule has 166 valence electrons. The number of ether oxygens (including phenoxy) is 2. The lowest BCUT2D eigenvalue weighted by molar-refractivity contribution is -0.00299. The summed E-state index contributed by atoms with van der Waals surface area (Å²) in [6.45, 7) is 5.65. The van der Waals surface area contributed by atoms with Crippen molar-refractivity contribution in [2.24, 2.45) is 0 Å². The fourth-order valence-corrected chi connectivity index (χ4v) is 4.16. The number of piperidine rings is 1. The first-order chi connectivity index (χ1) is 14.1. The number of amides is 3. The van der Waals surface area contributed by atoms with E-state index >= 15 is 0 Å². The van der Waals surface area contributed by atoms with E-state index in [1.807, 2.05) is 13.8 Å². The van der Waals surface area contributed by atoms with Crippen molar-refractivity contribution in [3.05, 3.63) is 24.3 Å². The van der Waals surface area contributed by atoms with Crippen LogP contribution in [0.25, 0.3) is 0 Å². The second-order valence-electron chi connectivity index (χ2n) is 7.98. The van der Waals surface area contributed by atoms with Gasteiger partial charge in [0, 0.05) is 25.0 Å². The first-order valence-corrected chi connectivity index (χ1v) is 12.0. The monoisotopic (exact) mass is 439 g/mol. The van der Waals surface area contributed by atoms with Gasteiger partial charge >= 0.3 is 12.1 Å². The molecule has 3 amide bonds. The third-order valence-electron chi connectivity index (χ3n) is 5.12. The number of nitrogens with one attached hydrogen (secondary N) is 1. The number of urea groups is 1. The topological polar surface area (TPSA) is 105 Å². The van der Waals surface area contributed by atoms with Crippen LogP contribution in [-0.2, 0) is 19.3 Å². The number of benzene rings is 1. The van der Waals surface area contributed by atoms with Crippen LogP contribution in [-0.4, -0.2) is 76.2 Å². The Hall–Kier alpha value is -2.33. The van der Waals surface area contributed by atoms with E-state index in [-0.39, 0.29) is 35.3 Å². The Balaban J connectivity index is 1.46. The van der Waals surface area contributed by atoms with Crippen LogP contribution in [0.1, 0.15) is 26.7 Å². The van der Waals surface area contributed by atoms with Crippen molar-refractivity contribution in [1.82, 2.24) is 10.2 Å². The van der Waals surface area contributed by atoms with Gasteiger partial charge in [-0.1, -0.05) is 0 Å². The van der Waals surface area contributed by atoms with Crippen molar-refractivity contribution < 1.29 is 27.5 Å². The lowest BCUT2D eigenvalue weighted by Gasteiger charge is -2.32. The standard InChI is InChI=1S/C20H29N3O6S/c1-14(2)29-20(25)22-10-8-17(9-11-22)28-13-15-12-23(19(24)21-15)16-4-6-18(7-5-16)30(3,26)27/h4-7,14-15,17H,8-13H2,1-3H3,(H,21,24). The number of hydrogen-bond acceptors (Lipinski definition) is 6. The maximum absolute atomic E-state index is 12.3. The third kappa shape index (κ3) is 5.63. The number of nitrogens with zero attached hydrogens (tertiary/aromatic N) is 2. The Kier molecular flexibility index (Phi) is 6.87. The summed E-state index contributed by atoms with van der Waals surface area (Å²) >= 11 is 0. The lowest BCUT2D eigenvalue weighted by Crippen LogP contribution is -2.43. The van der Waals surface area contributed by atoms with Crippen LogP contribution in [0.4, 0.5) is 15.3 Å². The minimum absolute atomic E-state index is 0.0353. The van der Waals surface area contributed by atoms with Crippen molar-refractivity contribution in [2.75, 3.05) is 37.4 Å². The second-order valence-corrected chi connectivity index (χ2v) is 9.99. The molecule has 1 aromatic rings. The van der Waals surface area contributed by atoms with Gasteiger partial charge in [-0.2, -0.15) is 0 Å². The van der Waals surface area contributed by atoms with Gasteiger partial charge < -0.3 is 19.7 Å². The number of carbonyl (C=O) groups excluding carboxylic acids is 2. The summed E-state index contributed by atoms with van der Waals surface area (Å²) in [5.74, 6) is 0. The number of sulfone groups is 1. The number of rotatable bonds is 6. The van der Waals surface area contributed by atoms with Gasteiger partial charge in [-0.15, -0.1) is 0 Å². The molecule has 2 heterocycles. The summed E-state index contributed by atoms with van der Waals surface area (Å²) in [7, 11) is -3.28. The zero-order chi connectivity index (χ0) is 21.9. The Labute approximate surface area is 177 Å². The van der Waals surface area contributed by atoms with Crippen molar-refractivity contribution in [1.29, 1.82) is 0 Å². The average Bonchev–Trinajstić information content (AvgIpc) is 3.06. The molecule has 0 saturated carbocycles. The summed E-state index contributed by atoms with van der Waals surface area (Å²) in [5, 5.41) is 2.89. The smallest absolute Gasteiger partial charge is 0.410 e. The number of carbonyl (C=O) groups is 2. The van der Waals surface area contributed by atoms with E-state index < -0.39 is 9.84 Å². The summed E-state index contributed by atoms with van der Waals surface area (Å²) in [6, 6.07) is 5.87. The summed E-state index contributed by atoms with van der Waals surface area (Å²) in [5.41, 5.74) is 0.638. The largest absolute Gasteiger partial charge is 0.447 e. The van der Waals surface area contributed by atoms with Crippen LogP contribution in [0.15, 0.2) is 29.2 Å². The van der Waals surface area contributed by atoms with Gasteiger partial charge in [0.25, 0.3) is 0 Å². The molecule has 1 atom stereocenters. The van der Waals surface area contributed by atoms with E-state index in [1.54, 1.807) is 21.9 Å². The predicted molar refractivity (Wildman–Crippen MR) is 111 cm³/mol. The van der Waals surface area contributed by atoms with Crippen LogP contribution in [0.2, 0.25) is 0 Å². The van der Waals surface area contributed by atoms with Gasteiger partial charge in [-0.05, 0) is 51.0 Å². The van der Waals surface area contributed by atoms with E-state index in [9.17, 15) is 18.0 Å². The highest BCUT2D eigenvalue weighted by Gasteiger charge is 2.31. The van der Waals surface area contributed by atoms with Gasteiger partial charge in [0.05, 0.1) is 36.3 Å². The van der Waals surface area contributed by atoms with E-state index in [0.29, 0.717) is 31.9 Å². The molecule has 2 fully saturated rings. The van der Waals surface area contributed by atoms with Crippen molar-refractivity contribution >= 4 is 27.6 Å². The third-order valence-corrected chi connectivity index (χ3v) is 6.25. The Bertz CT molecular complexity index is 863. The summed E-state index contributed by atoms with van der Waals surface area (Å²) in [6.07, 6.45) is 2.21.